The molecule has 33 heavy (non-hydrogen) atoms. The average Bonchev–Trinajstić information content (AvgIpc) is 3.58. The fourth-order valence-electron chi connectivity index (χ4n) is 3.49. The number of carbonyl (C=O) groups excluding carboxylic acids is 1. The molecule has 0 saturated heterocycles. The number of pyridine rings is 1. The first-order chi connectivity index (χ1) is 16.1. The van der Waals surface area contributed by atoms with Gasteiger partial charge in [-0.25, -0.2) is 4.98 Å². The Kier molecular flexibility index (Phi) is 5.99. The van der Waals surface area contributed by atoms with Crippen LogP contribution < -0.4 is 5.32 Å². The van der Waals surface area contributed by atoms with E-state index in [9.17, 15) is 4.79 Å². The first kappa shape index (κ1) is 21.4. The molecule has 0 unspecified atom stereocenters. The van der Waals surface area contributed by atoms with E-state index in [-0.39, 0.29) is 5.91 Å². The monoisotopic (exact) mass is 474 g/mol. The van der Waals surface area contributed by atoms with E-state index in [4.69, 9.17) is 5.10 Å². The molecule has 0 aliphatic heterocycles. The maximum atomic E-state index is 13.1. The smallest absolute Gasteiger partial charge is 0.275 e. The Bertz CT molecular complexity index is 1390. The molecule has 0 atom stereocenters. The quantitative estimate of drug-likeness (QED) is 0.355. The molecule has 0 fully saturated rings. The molecular formula is C24H22N6OS2. The van der Waals surface area contributed by atoms with Crippen molar-refractivity contribution in [2.45, 2.75) is 6.54 Å². The van der Waals surface area contributed by atoms with Crippen molar-refractivity contribution in [3.05, 3.63) is 70.8 Å². The number of thiophene rings is 1. The Morgan fingerprint density at radius 2 is 1.97 bits per heavy atom. The number of benzene rings is 1. The summed E-state index contributed by atoms with van der Waals surface area (Å²) in [4.78, 5) is 23.8. The van der Waals surface area contributed by atoms with Crippen molar-refractivity contribution in [3.8, 4) is 21.7 Å². The van der Waals surface area contributed by atoms with E-state index in [1.54, 1.807) is 29.1 Å². The normalized spacial score (nSPS) is 11.4. The number of anilines is 1. The highest BCUT2D eigenvalue weighted by Crippen LogP contribution is 2.34. The number of rotatable bonds is 7. The summed E-state index contributed by atoms with van der Waals surface area (Å²) in [5, 5.41) is 15.5. The number of thiazole rings is 1. The van der Waals surface area contributed by atoms with Gasteiger partial charge in [-0.05, 0) is 60.8 Å². The molecule has 0 aliphatic carbocycles. The van der Waals surface area contributed by atoms with Crippen molar-refractivity contribution in [2.75, 3.05) is 26.0 Å². The van der Waals surface area contributed by atoms with E-state index < -0.39 is 0 Å². The van der Waals surface area contributed by atoms with Crippen LogP contribution in [0.3, 0.4) is 0 Å². The predicted molar refractivity (Wildman–Crippen MR) is 135 cm³/mol. The third kappa shape index (κ3) is 4.70. The van der Waals surface area contributed by atoms with Gasteiger partial charge in [-0.1, -0.05) is 0 Å². The van der Waals surface area contributed by atoms with E-state index in [1.165, 1.54) is 11.3 Å². The third-order valence-corrected chi connectivity index (χ3v) is 6.79. The molecule has 0 bridgehead atoms. The van der Waals surface area contributed by atoms with E-state index in [0.717, 1.165) is 51.4 Å². The Balaban J connectivity index is 1.46. The second kappa shape index (κ2) is 9.22. The Hall–Kier alpha value is -3.40. The fourth-order valence-corrected chi connectivity index (χ4v) is 4.95. The molecule has 5 rings (SSSR count). The highest BCUT2D eigenvalue weighted by Gasteiger charge is 2.17. The van der Waals surface area contributed by atoms with Crippen LogP contribution in [0.1, 0.15) is 10.5 Å². The average molecular weight is 475 g/mol. The number of hydrogen-bond acceptors (Lipinski definition) is 7. The minimum absolute atomic E-state index is 0.234. The summed E-state index contributed by atoms with van der Waals surface area (Å²) in [7, 11) is 4.09. The van der Waals surface area contributed by atoms with E-state index in [0.29, 0.717) is 5.69 Å². The van der Waals surface area contributed by atoms with Crippen molar-refractivity contribution >= 4 is 45.2 Å². The number of fused-ring (bicyclic) bond motifs is 1. The molecule has 1 amide bonds. The van der Waals surface area contributed by atoms with Gasteiger partial charge in [0, 0.05) is 52.7 Å². The molecule has 7 nitrogen and oxygen atoms in total. The second-order valence-electron chi connectivity index (χ2n) is 7.89. The lowest BCUT2D eigenvalue weighted by molar-refractivity contribution is 0.102. The summed E-state index contributed by atoms with van der Waals surface area (Å²) in [6.45, 7) is 1.70. The fraction of sp³-hybridized carbons (Fsp3) is 0.167. The SMILES string of the molecule is CN(C)CCn1cc2cc(NC(=O)c3csc(-c4ccncc4)n3)c(-c3ccsc3)cc2n1. The van der Waals surface area contributed by atoms with Gasteiger partial charge in [0.05, 0.1) is 12.1 Å². The summed E-state index contributed by atoms with van der Waals surface area (Å²) in [6.07, 6.45) is 5.46. The lowest BCUT2D eigenvalue weighted by Gasteiger charge is -2.10. The number of nitrogens with zero attached hydrogens (tertiary/aromatic N) is 5. The van der Waals surface area contributed by atoms with Crippen molar-refractivity contribution in [2.24, 2.45) is 0 Å². The molecule has 5 aromatic rings. The molecule has 0 spiro atoms. The molecule has 4 aromatic heterocycles. The summed E-state index contributed by atoms with van der Waals surface area (Å²) in [6, 6.07) is 9.86. The lowest BCUT2D eigenvalue weighted by Crippen LogP contribution is -2.18. The van der Waals surface area contributed by atoms with Crippen LogP contribution in [-0.4, -0.2) is 51.2 Å². The van der Waals surface area contributed by atoms with E-state index in [1.807, 2.05) is 54.6 Å². The Labute approximate surface area is 199 Å². The van der Waals surface area contributed by atoms with Crippen LogP contribution in [0.15, 0.2) is 65.1 Å². The third-order valence-electron chi connectivity index (χ3n) is 5.21. The number of carbonyl (C=O) groups is 1. The summed E-state index contributed by atoms with van der Waals surface area (Å²) >= 11 is 3.06. The van der Waals surface area contributed by atoms with Crippen molar-refractivity contribution in [1.82, 2.24) is 24.6 Å². The van der Waals surface area contributed by atoms with E-state index in [2.05, 4.69) is 31.6 Å². The van der Waals surface area contributed by atoms with Gasteiger partial charge in [-0.2, -0.15) is 16.4 Å². The molecule has 0 radical (unpaired) electrons. The zero-order valence-corrected chi connectivity index (χ0v) is 19.9. The number of aromatic nitrogens is 4. The molecule has 1 aromatic carbocycles. The Morgan fingerprint density at radius 3 is 2.73 bits per heavy atom. The van der Waals surface area contributed by atoms with Gasteiger partial charge >= 0.3 is 0 Å². The minimum atomic E-state index is -0.234. The zero-order chi connectivity index (χ0) is 22.8. The topological polar surface area (TPSA) is 75.9 Å². The number of likely N-dealkylation sites (N-methyl/N-ethyl adjacent to an activating group) is 1. The number of amides is 1. The summed E-state index contributed by atoms with van der Waals surface area (Å²) in [5.41, 5.74) is 4.98. The first-order valence-electron chi connectivity index (χ1n) is 10.4. The van der Waals surface area contributed by atoms with Crippen LogP contribution >= 0.6 is 22.7 Å². The highest BCUT2D eigenvalue weighted by molar-refractivity contribution is 7.13. The van der Waals surface area contributed by atoms with Crippen LogP contribution in [0.2, 0.25) is 0 Å². The van der Waals surface area contributed by atoms with Crippen LogP contribution in [0, 0.1) is 0 Å². The molecule has 0 saturated carbocycles. The predicted octanol–water partition coefficient (Wildman–Crippen LogP) is 5.10. The number of nitrogens with one attached hydrogen (secondary N) is 1. The van der Waals surface area contributed by atoms with Gasteiger partial charge in [0.15, 0.2) is 0 Å². The standard InChI is InChI=1S/C24H22N6OS2/c1-29(2)8-9-30-13-18-11-21(19(12-20(18)28-30)17-5-10-32-14-17)26-23(31)22-15-33-24(27-22)16-3-6-25-7-4-16/h3-7,10-15H,8-9H2,1-2H3,(H,26,31). The molecule has 9 heteroatoms. The summed E-state index contributed by atoms with van der Waals surface area (Å²) in [5.74, 6) is -0.234. The van der Waals surface area contributed by atoms with Crippen molar-refractivity contribution in [3.63, 3.8) is 0 Å². The molecule has 166 valence electrons. The van der Waals surface area contributed by atoms with Gasteiger partial charge in [-0.15, -0.1) is 11.3 Å². The molecular weight excluding hydrogens is 452 g/mol. The largest absolute Gasteiger partial charge is 0.320 e. The molecule has 1 N–H and O–H groups in total. The van der Waals surface area contributed by atoms with Crippen LogP contribution in [0.25, 0.3) is 32.6 Å². The molecule has 0 aliphatic rings. The maximum absolute atomic E-state index is 13.1. The van der Waals surface area contributed by atoms with Crippen molar-refractivity contribution < 1.29 is 4.79 Å². The minimum Gasteiger partial charge on any atom is -0.320 e. The maximum Gasteiger partial charge on any atom is 0.275 e. The molecule has 4 heterocycles. The van der Waals surface area contributed by atoms with Gasteiger partial charge in [0.1, 0.15) is 10.7 Å². The first-order valence-corrected chi connectivity index (χ1v) is 12.2. The van der Waals surface area contributed by atoms with Gasteiger partial charge in [0.25, 0.3) is 5.91 Å². The lowest BCUT2D eigenvalue weighted by atomic mass is 10.0. The van der Waals surface area contributed by atoms with Gasteiger partial charge in [-0.3, -0.25) is 14.5 Å². The van der Waals surface area contributed by atoms with Crippen molar-refractivity contribution in [1.29, 1.82) is 0 Å². The van der Waals surface area contributed by atoms with Crippen LogP contribution in [0.4, 0.5) is 5.69 Å². The second-order valence-corrected chi connectivity index (χ2v) is 9.53. The van der Waals surface area contributed by atoms with Gasteiger partial charge < -0.3 is 10.2 Å². The van der Waals surface area contributed by atoms with Crippen LogP contribution in [-0.2, 0) is 6.54 Å². The van der Waals surface area contributed by atoms with Crippen LogP contribution in [0.5, 0.6) is 0 Å². The van der Waals surface area contributed by atoms with E-state index >= 15 is 0 Å². The Morgan fingerprint density at radius 1 is 1.12 bits per heavy atom. The highest BCUT2D eigenvalue weighted by atomic mass is 32.1. The summed E-state index contributed by atoms with van der Waals surface area (Å²) < 4.78 is 1.95. The zero-order valence-electron chi connectivity index (χ0n) is 18.2. The number of hydrogen-bond donors (Lipinski definition) is 1. The van der Waals surface area contributed by atoms with Gasteiger partial charge in [0.2, 0.25) is 0 Å².